The Morgan fingerprint density at radius 1 is 1.37 bits per heavy atom. The number of nitrogens with zero attached hydrogens (tertiary/aromatic N) is 2. The molecule has 1 amide bonds. The summed E-state index contributed by atoms with van der Waals surface area (Å²) in [6.07, 6.45) is 5.22. The van der Waals surface area contributed by atoms with Crippen LogP contribution in [0.1, 0.15) is 29.6 Å². The first-order chi connectivity index (χ1) is 9.33. The lowest BCUT2D eigenvalue weighted by Gasteiger charge is -2.15. The Labute approximate surface area is 117 Å². The number of aromatic nitrogens is 1. The Hall–Kier alpha value is -1.23. The van der Waals surface area contributed by atoms with Crippen LogP contribution in [0.4, 0.5) is 0 Å². The van der Waals surface area contributed by atoms with Gasteiger partial charge >= 0.3 is 0 Å². The molecule has 0 spiro atoms. The van der Waals surface area contributed by atoms with E-state index in [-0.39, 0.29) is 12.0 Å². The van der Waals surface area contributed by atoms with Crippen molar-refractivity contribution in [2.75, 3.05) is 24.6 Å². The smallest absolute Gasteiger partial charge is 0.255 e. The number of thioether (sulfide) groups is 1. The molecule has 2 fully saturated rings. The van der Waals surface area contributed by atoms with Gasteiger partial charge in [0.05, 0.1) is 5.56 Å². The fourth-order valence-corrected chi connectivity index (χ4v) is 3.55. The van der Waals surface area contributed by atoms with Crippen LogP contribution in [0.25, 0.3) is 0 Å². The normalized spacial score (nSPS) is 22.7. The molecule has 0 aliphatic carbocycles. The summed E-state index contributed by atoms with van der Waals surface area (Å²) >= 11 is 1.91. The number of hydrogen-bond donors (Lipinski definition) is 0. The summed E-state index contributed by atoms with van der Waals surface area (Å²) in [7, 11) is 0. The summed E-state index contributed by atoms with van der Waals surface area (Å²) in [6, 6.07) is 3.64. The second-order valence-electron chi connectivity index (χ2n) is 4.99. The van der Waals surface area contributed by atoms with Crippen LogP contribution >= 0.6 is 11.8 Å². The summed E-state index contributed by atoms with van der Waals surface area (Å²) in [4.78, 5) is 18.3. The minimum Gasteiger partial charge on any atom is -0.473 e. The zero-order valence-electron chi connectivity index (χ0n) is 10.9. The number of rotatable bonds is 3. The standard InChI is InChI=1S/C14H18N2O2S/c17-14(16-6-1-2-7-16)11-3-4-13(15-9-11)18-12-5-8-19-10-12/h3-4,9,12H,1-2,5-8,10H2/t12-/m1/s1. The summed E-state index contributed by atoms with van der Waals surface area (Å²) < 4.78 is 5.78. The highest BCUT2D eigenvalue weighted by Gasteiger charge is 2.20. The molecule has 0 unspecified atom stereocenters. The Morgan fingerprint density at radius 3 is 2.84 bits per heavy atom. The van der Waals surface area contributed by atoms with Crippen molar-refractivity contribution in [3.8, 4) is 5.88 Å². The van der Waals surface area contributed by atoms with Gasteiger partial charge in [-0.3, -0.25) is 4.79 Å². The molecule has 1 aromatic heterocycles. The number of pyridine rings is 1. The summed E-state index contributed by atoms with van der Waals surface area (Å²) in [5.74, 6) is 2.92. The molecule has 3 heterocycles. The van der Waals surface area contributed by atoms with Crippen LogP contribution in [0.5, 0.6) is 5.88 Å². The number of hydrogen-bond acceptors (Lipinski definition) is 4. The average Bonchev–Trinajstić information content (AvgIpc) is 3.12. The highest BCUT2D eigenvalue weighted by atomic mass is 32.2. The first kappa shape index (κ1) is 12.8. The maximum absolute atomic E-state index is 12.1. The van der Waals surface area contributed by atoms with E-state index in [1.165, 1.54) is 0 Å². The second-order valence-corrected chi connectivity index (χ2v) is 6.14. The SMILES string of the molecule is O=C(c1ccc(O[C@@H]2CCSC2)nc1)N1CCCC1. The van der Waals surface area contributed by atoms with E-state index >= 15 is 0 Å². The number of ether oxygens (including phenoxy) is 1. The van der Waals surface area contributed by atoms with Crippen LogP contribution in [0.15, 0.2) is 18.3 Å². The first-order valence-electron chi connectivity index (χ1n) is 6.83. The second kappa shape index (κ2) is 5.82. The molecule has 0 aromatic carbocycles. The summed E-state index contributed by atoms with van der Waals surface area (Å²) in [5.41, 5.74) is 0.662. The highest BCUT2D eigenvalue weighted by molar-refractivity contribution is 7.99. The van der Waals surface area contributed by atoms with Crippen molar-refractivity contribution in [1.29, 1.82) is 0 Å². The van der Waals surface area contributed by atoms with E-state index in [9.17, 15) is 4.79 Å². The van der Waals surface area contributed by atoms with Crippen LogP contribution in [0.2, 0.25) is 0 Å². The molecule has 0 N–H and O–H groups in total. The van der Waals surface area contributed by atoms with Gasteiger partial charge in [-0.2, -0.15) is 11.8 Å². The molecule has 2 saturated heterocycles. The molecule has 0 radical (unpaired) electrons. The van der Waals surface area contributed by atoms with Crippen LogP contribution in [-0.4, -0.2) is 46.5 Å². The van der Waals surface area contributed by atoms with Gasteiger partial charge in [0.15, 0.2) is 0 Å². The van der Waals surface area contributed by atoms with Crippen molar-refractivity contribution in [3.63, 3.8) is 0 Å². The predicted molar refractivity (Wildman–Crippen MR) is 75.7 cm³/mol. The molecule has 0 saturated carbocycles. The molecule has 1 aromatic rings. The van der Waals surface area contributed by atoms with Crippen LogP contribution in [0.3, 0.4) is 0 Å². The van der Waals surface area contributed by atoms with Crippen LogP contribution < -0.4 is 4.74 Å². The molecular formula is C14H18N2O2S. The van der Waals surface area contributed by atoms with Gasteiger partial charge in [0.1, 0.15) is 6.10 Å². The molecule has 2 aliphatic heterocycles. The summed E-state index contributed by atoms with van der Waals surface area (Å²) in [6.45, 7) is 1.74. The van der Waals surface area contributed by atoms with E-state index in [1.807, 2.05) is 28.8 Å². The van der Waals surface area contributed by atoms with E-state index in [0.717, 1.165) is 43.9 Å². The third-order valence-corrected chi connectivity index (χ3v) is 4.68. The predicted octanol–water partition coefficient (Wildman–Crippen LogP) is 2.20. The first-order valence-corrected chi connectivity index (χ1v) is 7.98. The highest BCUT2D eigenvalue weighted by Crippen LogP contribution is 2.22. The van der Waals surface area contributed by atoms with E-state index in [4.69, 9.17) is 4.74 Å². The molecule has 3 rings (SSSR count). The van der Waals surface area contributed by atoms with Gasteiger partial charge in [0.25, 0.3) is 5.91 Å². The lowest BCUT2D eigenvalue weighted by molar-refractivity contribution is 0.0792. The maximum atomic E-state index is 12.1. The zero-order valence-corrected chi connectivity index (χ0v) is 11.7. The fourth-order valence-electron chi connectivity index (χ4n) is 2.46. The zero-order chi connectivity index (χ0) is 13.1. The summed E-state index contributed by atoms with van der Waals surface area (Å²) in [5, 5.41) is 0. The number of carbonyl (C=O) groups is 1. The van der Waals surface area contributed by atoms with Gasteiger partial charge in [-0.15, -0.1) is 0 Å². The third kappa shape index (κ3) is 3.03. The van der Waals surface area contributed by atoms with Crippen molar-refractivity contribution in [2.45, 2.75) is 25.4 Å². The molecule has 4 nitrogen and oxygen atoms in total. The van der Waals surface area contributed by atoms with Crippen molar-refractivity contribution in [1.82, 2.24) is 9.88 Å². The lowest BCUT2D eigenvalue weighted by Crippen LogP contribution is -2.27. The largest absolute Gasteiger partial charge is 0.473 e. The number of likely N-dealkylation sites (tertiary alicyclic amines) is 1. The van der Waals surface area contributed by atoms with Gasteiger partial charge in [0, 0.05) is 31.1 Å². The van der Waals surface area contributed by atoms with Gasteiger partial charge in [-0.25, -0.2) is 4.98 Å². The van der Waals surface area contributed by atoms with E-state index in [2.05, 4.69) is 4.98 Å². The molecule has 0 bridgehead atoms. The molecule has 102 valence electrons. The van der Waals surface area contributed by atoms with Crippen molar-refractivity contribution >= 4 is 17.7 Å². The topological polar surface area (TPSA) is 42.4 Å². The minimum absolute atomic E-state index is 0.0907. The molecular weight excluding hydrogens is 260 g/mol. The quantitative estimate of drug-likeness (QED) is 0.850. The van der Waals surface area contributed by atoms with Gasteiger partial charge < -0.3 is 9.64 Å². The fraction of sp³-hybridized carbons (Fsp3) is 0.571. The van der Waals surface area contributed by atoms with Gasteiger partial charge in [-0.1, -0.05) is 0 Å². The minimum atomic E-state index is 0.0907. The van der Waals surface area contributed by atoms with E-state index in [0.29, 0.717) is 11.4 Å². The van der Waals surface area contributed by atoms with Crippen LogP contribution in [-0.2, 0) is 0 Å². The van der Waals surface area contributed by atoms with Crippen molar-refractivity contribution < 1.29 is 9.53 Å². The maximum Gasteiger partial charge on any atom is 0.255 e. The van der Waals surface area contributed by atoms with Crippen molar-refractivity contribution in [2.24, 2.45) is 0 Å². The Balaban J connectivity index is 1.62. The Bertz CT molecular complexity index is 437. The third-order valence-electron chi connectivity index (χ3n) is 3.55. The molecule has 1 atom stereocenters. The Morgan fingerprint density at radius 2 is 2.21 bits per heavy atom. The monoisotopic (exact) mass is 278 g/mol. The van der Waals surface area contributed by atoms with Crippen molar-refractivity contribution in [3.05, 3.63) is 23.9 Å². The van der Waals surface area contributed by atoms with Gasteiger partial charge in [0.2, 0.25) is 5.88 Å². The number of amides is 1. The average molecular weight is 278 g/mol. The Kier molecular flexibility index (Phi) is 3.92. The van der Waals surface area contributed by atoms with E-state index < -0.39 is 0 Å². The number of carbonyl (C=O) groups excluding carboxylic acids is 1. The van der Waals surface area contributed by atoms with E-state index in [1.54, 1.807) is 6.20 Å². The molecule has 2 aliphatic rings. The van der Waals surface area contributed by atoms with Gasteiger partial charge in [-0.05, 0) is 31.1 Å². The molecule has 19 heavy (non-hydrogen) atoms. The van der Waals surface area contributed by atoms with Crippen LogP contribution in [0, 0.1) is 0 Å². The molecule has 5 heteroatoms. The lowest BCUT2D eigenvalue weighted by atomic mass is 10.2.